The molecule has 2 aromatic heterocycles. The Kier molecular flexibility index (Phi) is 8.64. The molecular weight excluding hydrogens is 632 g/mol. The molecule has 49 heavy (non-hydrogen) atoms. The van der Waals surface area contributed by atoms with Crippen molar-refractivity contribution in [3.8, 4) is 56.9 Å². The molecule has 0 amide bonds. The number of carbonyl (C=O) groups is 3. The van der Waals surface area contributed by atoms with Crippen LogP contribution in [0.25, 0.3) is 44.2 Å². The van der Waals surface area contributed by atoms with E-state index in [0.29, 0.717) is 63.1 Å². The second-order valence-electron chi connectivity index (χ2n) is 11.4. The van der Waals surface area contributed by atoms with Crippen LogP contribution in [-0.4, -0.2) is 48.4 Å². The summed E-state index contributed by atoms with van der Waals surface area (Å²) in [4.78, 5) is 50.8. The van der Waals surface area contributed by atoms with Gasteiger partial charge in [0.1, 0.15) is 5.52 Å². The predicted molar refractivity (Wildman–Crippen MR) is 182 cm³/mol. The smallest absolute Gasteiger partial charge is 0.308 e. The molecule has 0 fully saturated rings. The maximum Gasteiger partial charge on any atom is 0.308 e. The Morgan fingerprint density at radius 1 is 0.776 bits per heavy atom. The number of fused-ring (bicyclic) bond motifs is 7. The van der Waals surface area contributed by atoms with Crippen molar-refractivity contribution in [3.63, 3.8) is 0 Å². The summed E-state index contributed by atoms with van der Waals surface area (Å²) in [5.74, 6) is 0.00777. The van der Waals surface area contributed by atoms with E-state index in [4.69, 9.17) is 28.4 Å². The number of hydrogen-bond acceptors (Lipinski definition) is 10. The third-order valence-electron chi connectivity index (χ3n) is 8.33. The van der Waals surface area contributed by atoms with E-state index in [9.17, 15) is 19.2 Å². The average Bonchev–Trinajstić information content (AvgIpc) is 3.41. The number of methoxy groups -OCH3 is 3. The Morgan fingerprint density at radius 2 is 1.37 bits per heavy atom. The van der Waals surface area contributed by atoms with E-state index >= 15 is 0 Å². The quantitative estimate of drug-likeness (QED) is 0.107. The van der Waals surface area contributed by atoms with Crippen LogP contribution < -0.4 is 34.0 Å². The van der Waals surface area contributed by atoms with Crippen LogP contribution in [0.15, 0.2) is 59.9 Å². The fraction of sp³-hybridized carbons (Fsp3) is 0.243. The van der Waals surface area contributed by atoms with Gasteiger partial charge in [0, 0.05) is 61.8 Å². The summed E-state index contributed by atoms with van der Waals surface area (Å²) in [7, 11) is 4.43. The number of hydrogen-bond donors (Lipinski definition) is 0. The highest BCUT2D eigenvalue weighted by Crippen LogP contribution is 2.50. The standard InChI is InChI=1S/C37H34N2O10/c1-8-12-38-26-18-32(49-21(4)42)29(46-7)17-25(26)34-33(23-9-10-27(44-5)30(15-23)47-19(2)40)35-24-16-28(45-6)31(48-20(3)41)14-22(24)11-13-39(35)36(34)37(38)43/h8-10,14-18H,1,11-13H2,2-7H3. The molecule has 5 aromatic rings. The van der Waals surface area contributed by atoms with Gasteiger partial charge < -0.3 is 37.6 Å². The van der Waals surface area contributed by atoms with Gasteiger partial charge in [-0.3, -0.25) is 19.2 Å². The van der Waals surface area contributed by atoms with E-state index in [1.807, 2.05) is 10.6 Å². The van der Waals surface area contributed by atoms with Crippen LogP contribution in [0.3, 0.4) is 0 Å². The summed E-state index contributed by atoms with van der Waals surface area (Å²) in [6.45, 7) is 8.36. The molecule has 0 saturated carbocycles. The van der Waals surface area contributed by atoms with Gasteiger partial charge in [-0.15, -0.1) is 6.58 Å². The fourth-order valence-electron chi connectivity index (χ4n) is 6.52. The molecular formula is C37H34N2O10. The minimum Gasteiger partial charge on any atom is -0.493 e. The molecule has 0 radical (unpaired) electrons. The normalized spacial score (nSPS) is 11.8. The van der Waals surface area contributed by atoms with Crippen molar-refractivity contribution in [2.75, 3.05) is 21.3 Å². The Morgan fingerprint density at radius 3 is 1.96 bits per heavy atom. The molecule has 252 valence electrons. The highest BCUT2D eigenvalue weighted by molar-refractivity contribution is 6.18. The SMILES string of the molecule is C=CCn1c(=O)c2c(c(-c3ccc(OC)c(OC(C)=O)c3)c3n2CCc2cc(OC(C)=O)c(OC)cc2-3)c2cc(OC)c(OC(C)=O)cc21. The first-order valence-electron chi connectivity index (χ1n) is 15.4. The van der Waals surface area contributed by atoms with Crippen LogP contribution in [0.5, 0.6) is 34.5 Å². The van der Waals surface area contributed by atoms with Gasteiger partial charge in [0.15, 0.2) is 34.5 Å². The van der Waals surface area contributed by atoms with Gasteiger partial charge in [-0.05, 0) is 47.9 Å². The van der Waals surface area contributed by atoms with Gasteiger partial charge in [0.2, 0.25) is 0 Å². The topological polar surface area (TPSA) is 134 Å². The van der Waals surface area contributed by atoms with Crippen LogP contribution in [0.2, 0.25) is 0 Å². The van der Waals surface area contributed by atoms with Crippen molar-refractivity contribution >= 4 is 39.7 Å². The molecule has 3 aromatic carbocycles. The second-order valence-corrected chi connectivity index (χ2v) is 11.4. The zero-order chi connectivity index (χ0) is 35.1. The van der Waals surface area contributed by atoms with Crippen LogP contribution in [0.4, 0.5) is 0 Å². The first kappa shape index (κ1) is 32.9. The van der Waals surface area contributed by atoms with Crippen LogP contribution >= 0.6 is 0 Å². The molecule has 0 bridgehead atoms. The molecule has 0 unspecified atom stereocenters. The summed E-state index contributed by atoms with van der Waals surface area (Å²) in [6, 6.07) is 12.1. The molecule has 12 heteroatoms. The van der Waals surface area contributed by atoms with E-state index in [2.05, 4.69) is 6.58 Å². The third kappa shape index (κ3) is 5.64. The molecule has 0 N–H and O–H groups in total. The van der Waals surface area contributed by atoms with E-state index in [1.165, 1.54) is 42.1 Å². The fourth-order valence-corrected chi connectivity index (χ4v) is 6.52. The Hall–Kier alpha value is -6.04. The summed E-state index contributed by atoms with van der Waals surface area (Å²) in [6.07, 6.45) is 2.13. The predicted octanol–water partition coefficient (Wildman–Crippen LogP) is 5.83. The lowest BCUT2D eigenvalue weighted by Gasteiger charge is -2.23. The number of aromatic nitrogens is 2. The molecule has 0 atom stereocenters. The monoisotopic (exact) mass is 666 g/mol. The second kappa shape index (κ2) is 12.9. The number of ether oxygens (including phenoxy) is 6. The molecule has 3 heterocycles. The number of benzene rings is 3. The van der Waals surface area contributed by atoms with Crippen molar-refractivity contribution in [2.24, 2.45) is 0 Å². The van der Waals surface area contributed by atoms with Crippen molar-refractivity contribution < 1.29 is 42.8 Å². The molecule has 1 aliphatic heterocycles. The van der Waals surface area contributed by atoms with Crippen LogP contribution in [-0.2, 0) is 33.9 Å². The summed E-state index contributed by atoms with van der Waals surface area (Å²) >= 11 is 0. The first-order valence-corrected chi connectivity index (χ1v) is 15.4. The number of pyridine rings is 1. The van der Waals surface area contributed by atoms with Crippen molar-refractivity contribution in [1.29, 1.82) is 0 Å². The Balaban J connectivity index is 1.83. The van der Waals surface area contributed by atoms with Crippen LogP contribution in [0, 0.1) is 0 Å². The highest BCUT2D eigenvalue weighted by Gasteiger charge is 2.31. The van der Waals surface area contributed by atoms with E-state index < -0.39 is 17.9 Å². The van der Waals surface area contributed by atoms with Gasteiger partial charge in [-0.2, -0.15) is 0 Å². The molecule has 0 aliphatic carbocycles. The zero-order valence-corrected chi connectivity index (χ0v) is 27.9. The molecule has 1 aliphatic rings. The van der Waals surface area contributed by atoms with Crippen molar-refractivity contribution in [1.82, 2.24) is 9.13 Å². The maximum absolute atomic E-state index is 14.6. The molecule has 0 saturated heterocycles. The van der Waals surface area contributed by atoms with Gasteiger partial charge in [-0.25, -0.2) is 0 Å². The average molecular weight is 667 g/mol. The lowest BCUT2D eigenvalue weighted by Crippen LogP contribution is -2.23. The lowest BCUT2D eigenvalue weighted by molar-refractivity contribution is -0.132. The molecule has 0 spiro atoms. The van der Waals surface area contributed by atoms with Gasteiger partial charge in [-0.1, -0.05) is 12.1 Å². The third-order valence-corrected chi connectivity index (χ3v) is 8.33. The van der Waals surface area contributed by atoms with Crippen molar-refractivity contribution in [3.05, 3.63) is 71.0 Å². The Bertz CT molecular complexity index is 2280. The zero-order valence-electron chi connectivity index (χ0n) is 27.9. The highest BCUT2D eigenvalue weighted by atomic mass is 16.6. The summed E-state index contributed by atoms with van der Waals surface area (Å²) in [5, 5.41) is 1.23. The number of nitrogens with zero attached hydrogens (tertiary/aromatic N) is 2. The van der Waals surface area contributed by atoms with Gasteiger partial charge >= 0.3 is 17.9 Å². The molecule has 12 nitrogen and oxygen atoms in total. The van der Waals surface area contributed by atoms with Gasteiger partial charge in [0.05, 0.1) is 32.5 Å². The summed E-state index contributed by atoms with van der Waals surface area (Å²) in [5.41, 5.74) is 4.20. The van der Waals surface area contributed by atoms with E-state index in [1.54, 1.807) is 47.0 Å². The number of allylic oxidation sites excluding steroid dienone is 1. The van der Waals surface area contributed by atoms with E-state index in [0.717, 1.165) is 11.1 Å². The lowest BCUT2D eigenvalue weighted by atomic mass is 9.91. The van der Waals surface area contributed by atoms with E-state index in [-0.39, 0.29) is 35.1 Å². The van der Waals surface area contributed by atoms with Crippen LogP contribution in [0.1, 0.15) is 26.3 Å². The number of carbonyl (C=O) groups excluding carboxylic acids is 3. The largest absolute Gasteiger partial charge is 0.493 e. The number of esters is 3. The minimum atomic E-state index is -0.550. The first-order chi connectivity index (χ1) is 23.5. The molecule has 6 rings (SSSR count). The van der Waals surface area contributed by atoms with Crippen molar-refractivity contribution in [2.45, 2.75) is 40.3 Å². The maximum atomic E-state index is 14.6. The van der Waals surface area contributed by atoms with Gasteiger partial charge in [0.25, 0.3) is 5.56 Å². The summed E-state index contributed by atoms with van der Waals surface area (Å²) < 4.78 is 36.9. The minimum absolute atomic E-state index is 0.152. The number of aryl methyl sites for hydroxylation is 2. The Labute approximate surface area is 280 Å². The number of rotatable bonds is 9.